The SMILES string of the molecule is C[C@H]1COC(SCc2cc(Cl)c(Cl)cc2Cl)C1. The Morgan fingerprint density at radius 1 is 1.24 bits per heavy atom. The second kappa shape index (κ2) is 6.03. The predicted octanol–water partition coefficient (Wildman–Crippen LogP) is 5.26. The van der Waals surface area contributed by atoms with E-state index in [4.69, 9.17) is 39.5 Å². The third kappa shape index (κ3) is 3.68. The van der Waals surface area contributed by atoms with Crippen molar-refractivity contribution < 1.29 is 4.74 Å². The lowest BCUT2D eigenvalue weighted by atomic mass is 10.2. The quantitative estimate of drug-likeness (QED) is 0.704. The van der Waals surface area contributed by atoms with E-state index >= 15 is 0 Å². The van der Waals surface area contributed by atoms with E-state index in [2.05, 4.69) is 6.92 Å². The zero-order valence-electron chi connectivity index (χ0n) is 9.38. The van der Waals surface area contributed by atoms with Gasteiger partial charge in [-0.15, -0.1) is 11.8 Å². The van der Waals surface area contributed by atoms with Crippen molar-refractivity contribution in [3.8, 4) is 0 Å². The van der Waals surface area contributed by atoms with Crippen LogP contribution < -0.4 is 0 Å². The zero-order valence-corrected chi connectivity index (χ0v) is 12.5. The monoisotopic (exact) mass is 310 g/mol. The minimum atomic E-state index is 0.274. The smallest absolute Gasteiger partial charge is 0.103 e. The van der Waals surface area contributed by atoms with Crippen molar-refractivity contribution >= 4 is 46.6 Å². The molecule has 0 aromatic heterocycles. The molecule has 0 bridgehead atoms. The molecule has 5 heteroatoms. The molecule has 0 N–H and O–H groups in total. The van der Waals surface area contributed by atoms with E-state index in [0.29, 0.717) is 21.0 Å². The van der Waals surface area contributed by atoms with Gasteiger partial charge in [0.1, 0.15) is 5.44 Å². The van der Waals surface area contributed by atoms with Crippen LogP contribution in [0, 0.1) is 5.92 Å². The fourth-order valence-corrected chi connectivity index (χ4v) is 3.67. The molecule has 2 atom stereocenters. The van der Waals surface area contributed by atoms with Crippen LogP contribution in [-0.4, -0.2) is 12.0 Å². The van der Waals surface area contributed by atoms with Gasteiger partial charge in [0.05, 0.1) is 16.7 Å². The Morgan fingerprint density at radius 3 is 2.59 bits per heavy atom. The highest BCUT2D eigenvalue weighted by Crippen LogP contribution is 2.34. The Labute approximate surface area is 121 Å². The fourth-order valence-electron chi connectivity index (χ4n) is 1.71. The normalized spacial score (nSPS) is 24.2. The Morgan fingerprint density at radius 2 is 1.94 bits per heavy atom. The molecule has 94 valence electrons. The topological polar surface area (TPSA) is 9.23 Å². The molecule has 1 nitrogen and oxygen atoms in total. The summed E-state index contributed by atoms with van der Waals surface area (Å²) in [5.74, 6) is 1.45. The summed E-state index contributed by atoms with van der Waals surface area (Å²) in [4.78, 5) is 0. The summed E-state index contributed by atoms with van der Waals surface area (Å²) in [5.41, 5.74) is 1.28. The Balaban J connectivity index is 1.97. The highest BCUT2D eigenvalue weighted by atomic mass is 35.5. The van der Waals surface area contributed by atoms with Crippen LogP contribution in [0.15, 0.2) is 12.1 Å². The second-order valence-electron chi connectivity index (χ2n) is 4.27. The van der Waals surface area contributed by atoms with Gasteiger partial charge in [0, 0.05) is 10.8 Å². The van der Waals surface area contributed by atoms with Gasteiger partial charge in [0.15, 0.2) is 0 Å². The number of benzene rings is 1. The summed E-state index contributed by atoms with van der Waals surface area (Å²) >= 11 is 19.7. The molecule has 1 heterocycles. The first kappa shape index (κ1) is 13.8. The molecular weight excluding hydrogens is 299 g/mol. The lowest BCUT2D eigenvalue weighted by Crippen LogP contribution is -1.99. The molecular formula is C12H13Cl3OS. The summed E-state index contributed by atoms with van der Waals surface area (Å²) in [6.45, 7) is 3.06. The van der Waals surface area contributed by atoms with Crippen LogP contribution in [-0.2, 0) is 10.5 Å². The van der Waals surface area contributed by atoms with Crippen molar-refractivity contribution in [3.63, 3.8) is 0 Å². The largest absolute Gasteiger partial charge is 0.367 e. The summed E-state index contributed by atoms with van der Waals surface area (Å²) in [6, 6.07) is 3.52. The summed E-state index contributed by atoms with van der Waals surface area (Å²) in [5, 5.41) is 1.71. The predicted molar refractivity (Wildman–Crippen MR) is 76.3 cm³/mol. The van der Waals surface area contributed by atoms with E-state index in [-0.39, 0.29) is 5.44 Å². The van der Waals surface area contributed by atoms with Crippen molar-refractivity contribution in [1.29, 1.82) is 0 Å². The standard InChI is InChI=1S/C12H13Cl3OS/c1-7-2-12(16-5-7)17-6-8-3-10(14)11(15)4-9(8)13/h3-4,7,12H,2,5-6H2,1H3/t7-,12?/m1/s1. The van der Waals surface area contributed by atoms with Gasteiger partial charge in [-0.25, -0.2) is 0 Å². The molecule has 0 aliphatic carbocycles. The molecule has 1 fully saturated rings. The summed E-state index contributed by atoms with van der Waals surface area (Å²) in [6.07, 6.45) is 1.10. The third-order valence-corrected chi connectivity index (χ3v) is 4.93. The lowest BCUT2D eigenvalue weighted by Gasteiger charge is -2.10. The first-order chi connectivity index (χ1) is 8.06. The molecule has 1 aromatic carbocycles. The Hall–Kier alpha value is 0.400. The number of rotatable bonds is 3. The number of hydrogen-bond donors (Lipinski definition) is 0. The molecule has 1 unspecified atom stereocenters. The average Bonchev–Trinajstić information content (AvgIpc) is 2.68. The molecule has 1 aliphatic rings. The Kier molecular flexibility index (Phi) is 4.90. The van der Waals surface area contributed by atoms with Crippen LogP contribution in [0.3, 0.4) is 0 Å². The maximum Gasteiger partial charge on any atom is 0.103 e. The second-order valence-corrected chi connectivity index (χ2v) is 6.64. The molecule has 1 saturated heterocycles. The minimum absolute atomic E-state index is 0.274. The van der Waals surface area contributed by atoms with Crippen LogP contribution in [0.25, 0.3) is 0 Å². The number of hydrogen-bond acceptors (Lipinski definition) is 2. The van der Waals surface area contributed by atoms with E-state index in [1.54, 1.807) is 17.8 Å². The van der Waals surface area contributed by atoms with Gasteiger partial charge in [-0.2, -0.15) is 0 Å². The maximum absolute atomic E-state index is 6.12. The van der Waals surface area contributed by atoms with Gasteiger partial charge in [-0.05, 0) is 30.0 Å². The van der Waals surface area contributed by atoms with Crippen LogP contribution >= 0.6 is 46.6 Å². The minimum Gasteiger partial charge on any atom is -0.367 e. The van der Waals surface area contributed by atoms with Gasteiger partial charge in [0.25, 0.3) is 0 Å². The van der Waals surface area contributed by atoms with Gasteiger partial charge in [-0.3, -0.25) is 0 Å². The van der Waals surface area contributed by atoms with Gasteiger partial charge in [-0.1, -0.05) is 41.7 Å². The molecule has 0 spiro atoms. The van der Waals surface area contributed by atoms with E-state index < -0.39 is 0 Å². The van der Waals surface area contributed by atoms with E-state index in [1.807, 2.05) is 6.07 Å². The highest BCUT2D eigenvalue weighted by molar-refractivity contribution is 7.99. The molecule has 0 amide bonds. The van der Waals surface area contributed by atoms with Gasteiger partial charge in [0.2, 0.25) is 0 Å². The van der Waals surface area contributed by atoms with E-state index in [1.165, 1.54) is 0 Å². The van der Waals surface area contributed by atoms with Crippen molar-refractivity contribution in [2.24, 2.45) is 5.92 Å². The number of thioether (sulfide) groups is 1. The van der Waals surface area contributed by atoms with Gasteiger partial charge < -0.3 is 4.74 Å². The molecule has 0 radical (unpaired) electrons. The lowest BCUT2D eigenvalue weighted by molar-refractivity contribution is 0.166. The van der Waals surface area contributed by atoms with Gasteiger partial charge >= 0.3 is 0 Å². The third-order valence-electron chi connectivity index (χ3n) is 2.68. The van der Waals surface area contributed by atoms with E-state index in [0.717, 1.165) is 24.3 Å². The first-order valence-corrected chi connectivity index (χ1v) is 7.61. The maximum atomic E-state index is 6.12. The molecule has 0 saturated carbocycles. The Bertz CT molecular complexity index is 411. The van der Waals surface area contributed by atoms with Crippen LogP contribution in [0.1, 0.15) is 18.9 Å². The van der Waals surface area contributed by atoms with E-state index in [9.17, 15) is 0 Å². The zero-order chi connectivity index (χ0) is 12.4. The number of halogens is 3. The number of ether oxygens (including phenoxy) is 1. The fraction of sp³-hybridized carbons (Fsp3) is 0.500. The highest BCUT2D eigenvalue weighted by Gasteiger charge is 2.22. The molecule has 17 heavy (non-hydrogen) atoms. The van der Waals surface area contributed by atoms with Crippen molar-refractivity contribution in [3.05, 3.63) is 32.8 Å². The summed E-state index contributed by atoms with van der Waals surface area (Å²) < 4.78 is 5.64. The van der Waals surface area contributed by atoms with Crippen molar-refractivity contribution in [1.82, 2.24) is 0 Å². The first-order valence-electron chi connectivity index (χ1n) is 5.43. The molecule has 1 aliphatic heterocycles. The average molecular weight is 312 g/mol. The van der Waals surface area contributed by atoms with Crippen LogP contribution in [0.4, 0.5) is 0 Å². The van der Waals surface area contributed by atoms with Crippen LogP contribution in [0.2, 0.25) is 15.1 Å². The molecule has 1 aromatic rings. The van der Waals surface area contributed by atoms with Crippen molar-refractivity contribution in [2.45, 2.75) is 24.5 Å². The van der Waals surface area contributed by atoms with Crippen molar-refractivity contribution in [2.75, 3.05) is 6.61 Å². The summed E-state index contributed by atoms with van der Waals surface area (Å²) in [7, 11) is 0. The van der Waals surface area contributed by atoms with Crippen LogP contribution in [0.5, 0.6) is 0 Å². The molecule has 2 rings (SSSR count).